The number of hydrogen-bond donors (Lipinski definition) is 1. The van der Waals surface area contributed by atoms with Gasteiger partial charge in [-0.05, 0) is 39.3 Å². The summed E-state index contributed by atoms with van der Waals surface area (Å²) >= 11 is 0. The molecule has 1 unspecified atom stereocenters. The predicted molar refractivity (Wildman–Crippen MR) is 87.9 cm³/mol. The molecule has 1 aliphatic heterocycles. The molecule has 8 heteroatoms. The fourth-order valence-corrected chi connectivity index (χ4v) is 4.22. The van der Waals surface area contributed by atoms with Crippen molar-refractivity contribution in [3.63, 3.8) is 0 Å². The standard InChI is InChI=1S/C16H23NO6S/c1-4-22-13-7-6-12(10-14(13)23-5-2)24(20,21)17-9-8-16(3,11-17)15(18)19/h6-7,10H,4-5,8-9,11H2,1-3H3,(H,18,19). The van der Waals surface area contributed by atoms with Gasteiger partial charge in [0.05, 0.1) is 23.5 Å². The summed E-state index contributed by atoms with van der Waals surface area (Å²) in [7, 11) is -3.78. The van der Waals surface area contributed by atoms with Crippen LogP contribution in [-0.4, -0.2) is 50.1 Å². The molecule has 1 fully saturated rings. The van der Waals surface area contributed by atoms with Crippen molar-refractivity contribution in [2.75, 3.05) is 26.3 Å². The molecule has 134 valence electrons. The Bertz CT molecular complexity index is 717. The first-order chi connectivity index (χ1) is 11.2. The van der Waals surface area contributed by atoms with Gasteiger partial charge >= 0.3 is 5.97 Å². The number of hydrogen-bond acceptors (Lipinski definition) is 5. The minimum Gasteiger partial charge on any atom is -0.490 e. The van der Waals surface area contributed by atoms with Gasteiger partial charge in [-0.3, -0.25) is 4.79 Å². The van der Waals surface area contributed by atoms with Crippen LogP contribution in [0.3, 0.4) is 0 Å². The molecule has 1 atom stereocenters. The van der Waals surface area contributed by atoms with Crippen LogP contribution in [-0.2, 0) is 14.8 Å². The number of benzene rings is 1. The van der Waals surface area contributed by atoms with Gasteiger partial charge in [0.15, 0.2) is 11.5 Å². The number of nitrogens with zero attached hydrogens (tertiary/aromatic N) is 1. The molecule has 0 saturated carbocycles. The van der Waals surface area contributed by atoms with Crippen LogP contribution in [0.5, 0.6) is 11.5 Å². The summed E-state index contributed by atoms with van der Waals surface area (Å²) in [5, 5.41) is 9.28. The SMILES string of the molecule is CCOc1ccc(S(=O)(=O)N2CCC(C)(C(=O)O)C2)cc1OCC. The third-order valence-electron chi connectivity index (χ3n) is 4.11. The van der Waals surface area contributed by atoms with Crippen molar-refractivity contribution in [3.8, 4) is 11.5 Å². The first kappa shape index (κ1) is 18.5. The second kappa shape index (κ2) is 6.98. The van der Waals surface area contributed by atoms with Crippen LogP contribution in [0.25, 0.3) is 0 Å². The lowest BCUT2D eigenvalue weighted by atomic mass is 9.90. The second-order valence-corrected chi connectivity index (χ2v) is 7.87. The summed E-state index contributed by atoms with van der Waals surface area (Å²) in [6, 6.07) is 4.45. The molecule has 0 amide bonds. The summed E-state index contributed by atoms with van der Waals surface area (Å²) in [5.74, 6) is -0.141. The van der Waals surface area contributed by atoms with E-state index in [4.69, 9.17) is 9.47 Å². The molecule has 0 spiro atoms. The summed E-state index contributed by atoms with van der Waals surface area (Å²) in [6.45, 7) is 6.16. The van der Waals surface area contributed by atoms with Crippen molar-refractivity contribution in [1.82, 2.24) is 4.31 Å². The van der Waals surface area contributed by atoms with Crippen molar-refractivity contribution < 1.29 is 27.8 Å². The summed E-state index contributed by atoms with van der Waals surface area (Å²) in [5.41, 5.74) is -1.05. The van der Waals surface area contributed by atoms with E-state index < -0.39 is 21.4 Å². The molecular formula is C16H23NO6S. The summed E-state index contributed by atoms with van der Waals surface area (Å²) in [6.07, 6.45) is 0.289. The number of carboxylic acids is 1. The van der Waals surface area contributed by atoms with Crippen LogP contribution in [0.4, 0.5) is 0 Å². The van der Waals surface area contributed by atoms with Gasteiger partial charge in [-0.1, -0.05) is 0 Å². The van der Waals surface area contributed by atoms with Crippen LogP contribution < -0.4 is 9.47 Å². The van der Waals surface area contributed by atoms with Crippen molar-refractivity contribution in [2.45, 2.75) is 32.1 Å². The van der Waals surface area contributed by atoms with E-state index in [0.29, 0.717) is 24.7 Å². The maximum absolute atomic E-state index is 12.8. The van der Waals surface area contributed by atoms with Gasteiger partial charge in [0, 0.05) is 19.2 Å². The normalized spacial score (nSPS) is 21.6. The lowest BCUT2D eigenvalue weighted by Gasteiger charge is -2.20. The Morgan fingerprint density at radius 2 is 1.88 bits per heavy atom. The quantitative estimate of drug-likeness (QED) is 0.802. The van der Waals surface area contributed by atoms with Crippen molar-refractivity contribution in [1.29, 1.82) is 0 Å². The zero-order valence-corrected chi connectivity index (χ0v) is 14.9. The zero-order valence-electron chi connectivity index (χ0n) is 14.1. The van der Waals surface area contributed by atoms with Crippen molar-refractivity contribution >= 4 is 16.0 Å². The Balaban J connectivity index is 2.33. The topological polar surface area (TPSA) is 93.1 Å². The van der Waals surface area contributed by atoms with Crippen LogP contribution in [0.2, 0.25) is 0 Å². The molecule has 1 N–H and O–H groups in total. The number of ether oxygens (including phenoxy) is 2. The van der Waals surface area contributed by atoms with E-state index in [1.165, 1.54) is 16.4 Å². The molecular weight excluding hydrogens is 334 g/mol. The number of sulfonamides is 1. The van der Waals surface area contributed by atoms with Gasteiger partial charge in [-0.2, -0.15) is 4.31 Å². The Morgan fingerprint density at radius 1 is 1.25 bits per heavy atom. The molecule has 0 aromatic heterocycles. The Morgan fingerprint density at radius 3 is 2.42 bits per heavy atom. The molecule has 0 bridgehead atoms. The maximum atomic E-state index is 12.8. The molecule has 1 aliphatic rings. The van der Waals surface area contributed by atoms with Crippen molar-refractivity contribution in [2.24, 2.45) is 5.41 Å². The van der Waals surface area contributed by atoms with E-state index in [-0.39, 0.29) is 24.4 Å². The van der Waals surface area contributed by atoms with Gasteiger partial charge in [0.25, 0.3) is 0 Å². The zero-order chi connectivity index (χ0) is 18.0. The van der Waals surface area contributed by atoms with Gasteiger partial charge < -0.3 is 14.6 Å². The number of carbonyl (C=O) groups is 1. The first-order valence-corrected chi connectivity index (χ1v) is 9.32. The van der Waals surface area contributed by atoms with Gasteiger partial charge in [0.1, 0.15) is 0 Å². The maximum Gasteiger partial charge on any atom is 0.310 e. The molecule has 7 nitrogen and oxygen atoms in total. The number of carboxylic acid groups (broad SMARTS) is 1. The highest BCUT2D eigenvalue weighted by Crippen LogP contribution is 2.36. The van der Waals surface area contributed by atoms with E-state index >= 15 is 0 Å². The molecule has 24 heavy (non-hydrogen) atoms. The molecule has 0 radical (unpaired) electrons. The molecule has 2 rings (SSSR count). The van der Waals surface area contributed by atoms with E-state index in [9.17, 15) is 18.3 Å². The monoisotopic (exact) mass is 357 g/mol. The van der Waals surface area contributed by atoms with Crippen LogP contribution in [0.1, 0.15) is 27.2 Å². The van der Waals surface area contributed by atoms with E-state index in [2.05, 4.69) is 0 Å². The first-order valence-electron chi connectivity index (χ1n) is 7.88. The fraction of sp³-hybridized carbons (Fsp3) is 0.562. The van der Waals surface area contributed by atoms with E-state index in [1.54, 1.807) is 19.9 Å². The summed E-state index contributed by atoms with van der Waals surface area (Å²) in [4.78, 5) is 11.4. The number of aliphatic carboxylic acids is 1. The lowest BCUT2D eigenvalue weighted by molar-refractivity contribution is -0.146. The average Bonchev–Trinajstić information content (AvgIpc) is 2.94. The molecule has 1 heterocycles. The molecule has 1 aromatic carbocycles. The minimum absolute atomic E-state index is 0.0398. The van der Waals surface area contributed by atoms with Crippen LogP contribution in [0.15, 0.2) is 23.1 Å². The van der Waals surface area contributed by atoms with E-state index in [0.717, 1.165) is 0 Å². The third kappa shape index (κ3) is 3.49. The highest BCUT2D eigenvalue weighted by molar-refractivity contribution is 7.89. The highest BCUT2D eigenvalue weighted by Gasteiger charge is 2.45. The van der Waals surface area contributed by atoms with Crippen LogP contribution in [0, 0.1) is 5.41 Å². The Kier molecular flexibility index (Phi) is 5.39. The molecule has 1 aromatic rings. The lowest BCUT2D eigenvalue weighted by Crippen LogP contribution is -2.34. The number of rotatable bonds is 7. The Hall–Kier alpha value is -1.80. The summed E-state index contributed by atoms with van der Waals surface area (Å²) < 4.78 is 37.7. The van der Waals surface area contributed by atoms with E-state index in [1.807, 2.05) is 6.92 Å². The predicted octanol–water partition coefficient (Wildman–Crippen LogP) is 1.97. The van der Waals surface area contributed by atoms with Crippen molar-refractivity contribution in [3.05, 3.63) is 18.2 Å². The second-order valence-electron chi connectivity index (χ2n) is 5.93. The fourth-order valence-electron chi connectivity index (χ4n) is 2.64. The molecule has 1 saturated heterocycles. The van der Waals surface area contributed by atoms with Crippen LogP contribution >= 0.6 is 0 Å². The smallest absolute Gasteiger partial charge is 0.310 e. The van der Waals surface area contributed by atoms with Gasteiger partial charge in [-0.15, -0.1) is 0 Å². The Labute approximate surface area is 142 Å². The third-order valence-corrected chi connectivity index (χ3v) is 5.95. The largest absolute Gasteiger partial charge is 0.490 e. The average molecular weight is 357 g/mol. The molecule has 0 aliphatic carbocycles. The minimum atomic E-state index is -3.78. The van der Waals surface area contributed by atoms with Gasteiger partial charge in [0.2, 0.25) is 10.0 Å². The highest BCUT2D eigenvalue weighted by atomic mass is 32.2. The van der Waals surface area contributed by atoms with Gasteiger partial charge in [-0.25, -0.2) is 8.42 Å².